The molecule has 0 bridgehead atoms. The molecule has 8 nitrogen and oxygen atoms in total. The van der Waals surface area contributed by atoms with Crippen molar-refractivity contribution in [1.29, 1.82) is 0 Å². The fourth-order valence-corrected chi connectivity index (χ4v) is 5.24. The van der Waals surface area contributed by atoms with Crippen LogP contribution in [0.25, 0.3) is 6.08 Å². The van der Waals surface area contributed by atoms with E-state index in [0.29, 0.717) is 32.4 Å². The van der Waals surface area contributed by atoms with Crippen LogP contribution < -0.4 is 16.0 Å². The highest BCUT2D eigenvalue weighted by Gasteiger charge is 2.20. The predicted octanol–water partition coefficient (Wildman–Crippen LogP) is 7.31. The second-order valence-corrected chi connectivity index (χ2v) is 11.5. The van der Waals surface area contributed by atoms with Crippen LogP contribution >= 0.6 is 35.0 Å². The van der Waals surface area contributed by atoms with Crippen molar-refractivity contribution < 1.29 is 23.9 Å². The van der Waals surface area contributed by atoms with Gasteiger partial charge in [-0.15, -0.1) is 11.8 Å². The first-order valence-corrected chi connectivity index (χ1v) is 14.9. The highest BCUT2D eigenvalue weighted by Crippen LogP contribution is 2.29. The Hall–Kier alpha value is -4.57. The average Bonchev–Trinajstić information content (AvgIpc) is 3.03. The van der Waals surface area contributed by atoms with Gasteiger partial charge in [0.25, 0.3) is 11.8 Å². The van der Waals surface area contributed by atoms with Crippen LogP contribution in [-0.4, -0.2) is 36.1 Å². The van der Waals surface area contributed by atoms with Gasteiger partial charge in [0.15, 0.2) is 0 Å². The summed E-state index contributed by atoms with van der Waals surface area (Å²) in [6.07, 6.45) is 1.45. The van der Waals surface area contributed by atoms with Gasteiger partial charge in [0.2, 0.25) is 5.91 Å². The van der Waals surface area contributed by atoms with E-state index in [0.717, 1.165) is 0 Å². The zero-order valence-electron chi connectivity index (χ0n) is 23.6. The Balaban J connectivity index is 1.50. The molecule has 3 N–H and O–H groups in total. The number of amides is 3. The lowest BCUT2D eigenvalue weighted by Gasteiger charge is -2.15. The number of thioether (sulfide) groups is 1. The molecular weight excluding hydrogens is 621 g/mol. The molecule has 0 saturated carbocycles. The molecule has 1 atom stereocenters. The molecule has 0 saturated heterocycles. The molecule has 0 radical (unpaired) electrons. The Labute approximate surface area is 268 Å². The number of para-hydroxylation sites is 1. The molecule has 3 amide bonds. The van der Waals surface area contributed by atoms with Crippen LogP contribution in [0, 0.1) is 0 Å². The number of esters is 1. The van der Waals surface area contributed by atoms with Gasteiger partial charge in [-0.1, -0.05) is 71.7 Å². The van der Waals surface area contributed by atoms with Gasteiger partial charge in [-0.2, -0.15) is 0 Å². The highest BCUT2D eigenvalue weighted by molar-refractivity contribution is 8.00. The van der Waals surface area contributed by atoms with Crippen molar-refractivity contribution in [1.82, 2.24) is 5.32 Å². The van der Waals surface area contributed by atoms with E-state index in [1.165, 1.54) is 24.9 Å². The number of anilines is 2. The topological polar surface area (TPSA) is 114 Å². The molecule has 0 heterocycles. The molecule has 0 spiro atoms. The van der Waals surface area contributed by atoms with E-state index in [-0.39, 0.29) is 22.2 Å². The Morgan fingerprint density at radius 2 is 1.55 bits per heavy atom. The van der Waals surface area contributed by atoms with Crippen molar-refractivity contribution in [2.24, 2.45) is 0 Å². The van der Waals surface area contributed by atoms with Crippen LogP contribution in [-0.2, 0) is 14.3 Å². The van der Waals surface area contributed by atoms with Gasteiger partial charge in [-0.25, -0.2) is 4.79 Å². The maximum Gasteiger partial charge on any atom is 0.339 e. The van der Waals surface area contributed by atoms with Crippen LogP contribution in [0.2, 0.25) is 10.0 Å². The van der Waals surface area contributed by atoms with Gasteiger partial charge < -0.3 is 20.7 Å². The average molecular weight is 649 g/mol. The van der Waals surface area contributed by atoms with Crippen molar-refractivity contribution in [3.63, 3.8) is 0 Å². The minimum Gasteiger partial charge on any atom is -0.465 e. The van der Waals surface area contributed by atoms with Gasteiger partial charge in [0.05, 0.1) is 33.7 Å². The van der Waals surface area contributed by atoms with E-state index in [2.05, 4.69) is 16.0 Å². The van der Waals surface area contributed by atoms with E-state index in [9.17, 15) is 19.2 Å². The number of hydrogen-bond donors (Lipinski definition) is 3. The summed E-state index contributed by atoms with van der Waals surface area (Å²) in [6.45, 7) is 1.72. The third-order valence-electron chi connectivity index (χ3n) is 6.17. The van der Waals surface area contributed by atoms with Crippen molar-refractivity contribution in [3.8, 4) is 0 Å². The summed E-state index contributed by atoms with van der Waals surface area (Å²) in [7, 11) is 1.27. The number of rotatable bonds is 10. The van der Waals surface area contributed by atoms with Gasteiger partial charge in [-0.05, 0) is 67.1 Å². The molecule has 4 aromatic rings. The van der Waals surface area contributed by atoms with Crippen molar-refractivity contribution in [3.05, 3.63) is 129 Å². The largest absolute Gasteiger partial charge is 0.465 e. The molecule has 4 aromatic carbocycles. The molecule has 44 heavy (non-hydrogen) atoms. The Morgan fingerprint density at radius 1 is 0.841 bits per heavy atom. The zero-order chi connectivity index (χ0) is 31.6. The lowest BCUT2D eigenvalue weighted by atomic mass is 10.1. The SMILES string of the molecule is COC(=O)c1ccccc1NC(=O)C(C)Sc1cccc(NC(=O)/C(=C\c2cccc(Cl)c2Cl)NC(=O)c2ccccc2)c1. The summed E-state index contributed by atoms with van der Waals surface area (Å²) < 4.78 is 4.79. The highest BCUT2D eigenvalue weighted by atomic mass is 35.5. The minimum absolute atomic E-state index is 0.0573. The van der Waals surface area contributed by atoms with E-state index in [1.807, 2.05) is 0 Å². The van der Waals surface area contributed by atoms with E-state index in [4.69, 9.17) is 27.9 Å². The maximum absolute atomic E-state index is 13.5. The number of carbonyl (C=O) groups excluding carboxylic acids is 4. The number of halogens is 2. The molecule has 0 aliphatic heterocycles. The first-order valence-electron chi connectivity index (χ1n) is 13.2. The van der Waals surface area contributed by atoms with Crippen molar-refractivity contribution in [2.45, 2.75) is 17.1 Å². The van der Waals surface area contributed by atoms with Crippen molar-refractivity contribution >= 4 is 76.1 Å². The molecule has 4 rings (SSSR count). The quantitative estimate of drug-likeness (QED) is 0.0945. The molecule has 0 fully saturated rings. The van der Waals surface area contributed by atoms with E-state index < -0.39 is 23.0 Å². The number of hydrogen-bond acceptors (Lipinski definition) is 6. The van der Waals surface area contributed by atoms with Crippen LogP contribution in [0.1, 0.15) is 33.2 Å². The smallest absolute Gasteiger partial charge is 0.339 e. The van der Waals surface area contributed by atoms with Crippen LogP contribution in [0.3, 0.4) is 0 Å². The van der Waals surface area contributed by atoms with E-state index >= 15 is 0 Å². The third kappa shape index (κ3) is 8.50. The third-order valence-corrected chi connectivity index (χ3v) is 8.10. The van der Waals surface area contributed by atoms with Gasteiger partial charge in [-0.3, -0.25) is 14.4 Å². The molecule has 224 valence electrons. The maximum atomic E-state index is 13.5. The Bertz CT molecular complexity index is 1730. The standard InChI is InChI=1S/C33H27Cl2N3O5S/c1-20(30(39)37-27-17-7-6-15-25(27)33(42)43-2)44-24-14-9-13-23(19-24)36-32(41)28(18-22-12-8-16-26(34)29(22)35)38-31(40)21-10-4-3-5-11-21/h3-20H,1-2H3,(H,36,41)(H,37,39)(H,38,40)/b28-18+. The summed E-state index contributed by atoms with van der Waals surface area (Å²) in [5.41, 5.74) is 1.76. The summed E-state index contributed by atoms with van der Waals surface area (Å²) in [5, 5.41) is 8.21. The van der Waals surface area contributed by atoms with Crippen LogP contribution in [0.4, 0.5) is 11.4 Å². The summed E-state index contributed by atoms with van der Waals surface area (Å²) >= 11 is 13.8. The first kappa shape index (κ1) is 32.3. The summed E-state index contributed by atoms with van der Waals surface area (Å²) in [6, 6.07) is 26.9. The number of ether oxygens (including phenoxy) is 1. The Morgan fingerprint density at radius 3 is 2.30 bits per heavy atom. The van der Waals surface area contributed by atoms with E-state index in [1.54, 1.807) is 104 Å². The minimum atomic E-state index is -0.599. The number of carbonyl (C=O) groups is 4. The number of methoxy groups -OCH3 is 1. The van der Waals surface area contributed by atoms with Crippen LogP contribution in [0.15, 0.2) is 108 Å². The molecule has 0 aliphatic carbocycles. The normalized spacial score (nSPS) is 11.7. The first-order chi connectivity index (χ1) is 21.2. The Kier molecular flexibility index (Phi) is 11.2. The molecule has 1 unspecified atom stereocenters. The van der Waals surface area contributed by atoms with Crippen LogP contribution in [0.5, 0.6) is 0 Å². The molecule has 11 heteroatoms. The summed E-state index contributed by atoms with van der Waals surface area (Å²) in [5.74, 6) is -1.97. The lowest BCUT2D eigenvalue weighted by Crippen LogP contribution is -2.30. The van der Waals surface area contributed by atoms with Gasteiger partial charge in [0.1, 0.15) is 5.70 Å². The molecular formula is C33H27Cl2N3O5S. The number of nitrogens with one attached hydrogen (secondary N) is 3. The van der Waals surface area contributed by atoms with Gasteiger partial charge in [0, 0.05) is 16.1 Å². The second kappa shape index (κ2) is 15.2. The fraction of sp³-hybridized carbons (Fsp3) is 0.0909. The summed E-state index contributed by atoms with van der Waals surface area (Å²) in [4.78, 5) is 52.1. The molecule has 0 aliphatic rings. The van der Waals surface area contributed by atoms with Gasteiger partial charge >= 0.3 is 5.97 Å². The van der Waals surface area contributed by atoms with Crippen molar-refractivity contribution in [2.75, 3.05) is 17.7 Å². The number of benzene rings is 4. The zero-order valence-corrected chi connectivity index (χ0v) is 25.9. The lowest BCUT2D eigenvalue weighted by molar-refractivity contribution is -0.115. The second-order valence-electron chi connectivity index (χ2n) is 9.29. The fourth-order valence-electron chi connectivity index (χ4n) is 3.95. The predicted molar refractivity (Wildman–Crippen MR) is 175 cm³/mol. The molecule has 0 aromatic heterocycles. The monoisotopic (exact) mass is 647 g/mol.